The highest BCUT2D eigenvalue weighted by Gasteiger charge is 2.28. The standard InChI is InChI=1S/C17H20N2O/c1-11-7-8-14(12(2)9-11)10-15-17(20)19-16(18-15)13-5-3-4-6-13/h7-10,13H,3-6H2,1-2H3,(H,18,19,20)/b15-10-. The summed E-state index contributed by atoms with van der Waals surface area (Å²) < 4.78 is 0. The van der Waals surface area contributed by atoms with Crippen LogP contribution in [0.2, 0.25) is 0 Å². The van der Waals surface area contributed by atoms with Gasteiger partial charge in [0.2, 0.25) is 0 Å². The molecule has 104 valence electrons. The maximum Gasteiger partial charge on any atom is 0.275 e. The summed E-state index contributed by atoms with van der Waals surface area (Å²) in [6, 6.07) is 6.24. The van der Waals surface area contributed by atoms with Crippen LogP contribution in [0.4, 0.5) is 0 Å². The number of nitrogens with zero attached hydrogens (tertiary/aromatic N) is 1. The minimum atomic E-state index is -0.0631. The van der Waals surface area contributed by atoms with E-state index >= 15 is 0 Å². The van der Waals surface area contributed by atoms with Crippen LogP contribution in [-0.4, -0.2) is 11.7 Å². The van der Waals surface area contributed by atoms with Gasteiger partial charge in [0.1, 0.15) is 11.5 Å². The highest BCUT2D eigenvalue weighted by atomic mass is 16.2. The molecule has 1 N–H and O–H groups in total. The van der Waals surface area contributed by atoms with Crippen molar-refractivity contribution in [3.63, 3.8) is 0 Å². The number of aliphatic imine (C=N–C) groups is 1. The van der Waals surface area contributed by atoms with Crippen molar-refractivity contribution in [2.45, 2.75) is 39.5 Å². The molecule has 3 heteroatoms. The summed E-state index contributed by atoms with van der Waals surface area (Å²) in [5, 5.41) is 2.94. The predicted molar refractivity (Wildman–Crippen MR) is 81.4 cm³/mol. The molecular formula is C17H20N2O. The minimum absolute atomic E-state index is 0.0631. The number of benzene rings is 1. The summed E-state index contributed by atoms with van der Waals surface area (Å²) in [5.41, 5.74) is 4.02. The number of aryl methyl sites for hydroxylation is 2. The molecule has 0 spiro atoms. The Balaban J connectivity index is 1.88. The molecule has 1 fully saturated rings. The summed E-state index contributed by atoms with van der Waals surface area (Å²) in [5.74, 6) is 1.26. The van der Waals surface area contributed by atoms with Crippen molar-refractivity contribution in [1.82, 2.24) is 5.32 Å². The molecule has 1 amide bonds. The molecule has 1 aromatic rings. The van der Waals surface area contributed by atoms with E-state index in [4.69, 9.17) is 0 Å². The van der Waals surface area contributed by atoms with E-state index < -0.39 is 0 Å². The van der Waals surface area contributed by atoms with Gasteiger partial charge in [0, 0.05) is 5.92 Å². The van der Waals surface area contributed by atoms with Gasteiger partial charge in [0.25, 0.3) is 5.91 Å². The lowest BCUT2D eigenvalue weighted by Gasteiger charge is -2.06. The van der Waals surface area contributed by atoms with Gasteiger partial charge in [-0.1, -0.05) is 36.6 Å². The minimum Gasteiger partial charge on any atom is -0.308 e. The molecule has 3 nitrogen and oxygen atoms in total. The topological polar surface area (TPSA) is 41.5 Å². The van der Waals surface area contributed by atoms with Gasteiger partial charge in [-0.15, -0.1) is 0 Å². The van der Waals surface area contributed by atoms with Crippen molar-refractivity contribution in [3.8, 4) is 0 Å². The Morgan fingerprint density at radius 1 is 1.25 bits per heavy atom. The Labute approximate surface area is 119 Å². The van der Waals surface area contributed by atoms with Crippen LogP contribution in [-0.2, 0) is 4.79 Å². The quantitative estimate of drug-likeness (QED) is 0.821. The van der Waals surface area contributed by atoms with Crippen molar-refractivity contribution in [3.05, 3.63) is 40.6 Å². The van der Waals surface area contributed by atoms with E-state index in [0.29, 0.717) is 11.6 Å². The van der Waals surface area contributed by atoms with Crippen LogP contribution < -0.4 is 5.32 Å². The molecule has 2 aliphatic rings. The summed E-state index contributed by atoms with van der Waals surface area (Å²) in [6.07, 6.45) is 6.68. The van der Waals surface area contributed by atoms with Crippen LogP contribution >= 0.6 is 0 Å². The SMILES string of the molecule is Cc1ccc(/C=C2\N=C(C3CCCC3)NC2=O)c(C)c1. The third-order valence-corrected chi connectivity index (χ3v) is 4.17. The van der Waals surface area contributed by atoms with Gasteiger partial charge in [-0.25, -0.2) is 4.99 Å². The second-order valence-corrected chi connectivity index (χ2v) is 5.82. The molecule has 1 aliphatic carbocycles. The predicted octanol–water partition coefficient (Wildman–Crippen LogP) is 3.36. The lowest BCUT2D eigenvalue weighted by atomic mass is 10.0. The number of amides is 1. The Kier molecular flexibility index (Phi) is 3.43. The number of carbonyl (C=O) groups is 1. The molecule has 20 heavy (non-hydrogen) atoms. The number of nitrogens with one attached hydrogen (secondary N) is 1. The van der Waals surface area contributed by atoms with Gasteiger partial charge in [0.05, 0.1) is 0 Å². The number of hydrogen-bond donors (Lipinski definition) is 1. The van der Waals surface area contributed by atoms with Crippen LogP contribution in [0.1, 0.15) is 42.4 Å². The van der Waals surface area contributed by atoms with E-state index in [2.05, 4.69) is 36.3 Å². The Morgan fingerprint density at radius 2 is 2.00 bits per heavy atom. The fraction of sp³-hybridized carbons (Fsp3) is 0.412. The van der Waals surface area contributed by atoms with Gasteiger partial charge in [-0.2, -0.15) is 0 Å². The largest absolute Gasteiger partial charge is 0.308 e. The number of hydrogen-bond acceptors (Lipinski definition) is 2. The Morgan fingerprint density at radius 3 is 2.70 bits per heavy atom. The van der Waals surface area contributed by atoms with Gasteiger partial charge in [0.15, 0.2) is 0 Å². The monoisotopic (exact) mass is 268 g/mol. The molecule has 1 saturated carbocycles. The van der Waals surface area contributed by atoms with Crippen LogP contribution in [0.15, 0.2) is 28.9 Å². The number of amidine groups is 1. The highest BCUT2D eigenvalue weighted by molar-refractivity contribution is 6.15. The zero-order valence-electron chi connectivity index (χ0n) is 12.1. The third kappa shape index (κ3) is 2.53. The van der Waals surface area contributed by atoms with Gasteiger partial charge in [-0.05, 0) is 43.9 Å². The molecule has 0 saturated heterocycles. The van der Waals surface area contributed by atoms with Gasteiger partial charge >= 0.3 is 0 Å². The fourth-order valence-corrected chi connectivity index (χ4v) is 3.01. The summed E-state index contributed by atoms with van der Waals surface area (Å²) >= 11 is 0. The van der Waals surface area contributed by atoms with Crippen LogP contribution in [0.3, 0.4) is 0 Å². The van der Waals surface area contributed by atoms with E-state index in [1.807, 2.05) is 12.1 Å². The van der Waals surface area contributed by atoms with Crippen molar-refractivity contribution < 1.29 is 4.79 Å². The average Bonchev–Trinajstić information content (AvgIpc) is 3.03. The van der Waals surface area contributed by atoms with Crippen molar-refractivity contribution in [2.24, 2.45) is 10.9 Å². The lowest BCUT2D eigenvalue weighted by molar-refractivity contribution is -0.115. The molecule has 1 aliphatic heterocycles. The van der Waals surface area contributed by atoms with Gasteiger partial charge in [-0.3, -0.25) is 4.79 Å². The second kappa shape index (κ2) is 5.23. The molecule has 1 heterocycles. The Hall–Kier alpha value is -1.90. The molecule has 0 atom stereocenters. The van der Waals surface area contributed by atoms with Crippen LogP contribution in [0.5, 0.6) is 0 Å². The van der Waals surface area contributed by atoms with E-state index in [-0.39, 0.29) is 5.91 Å². The molecule has 1 aromatic carbocycles. The first-order chi connectivity index (χ1) is 9.63. The number of rotatable bonds is 2. The summed E-state index contributed by atoms with van der Waals surface area (Å²) in [4.78, 5) is 16.6. The average molecular weight is 268 g/mol. The van der Waals surface area contributed by atoms with E-state index in [1.165, 1.54) is 24.0 Å². The maximum atomic E-state index is 12.0. The maximum absolute atomic E-state index is 12.0. The summed E-state index contributed by atoms with van der Waals surface area (Å²) in [7, 11) is 0. The zero-order chi connectivity index (χ0) is 14.1. The van der Waals surface area contributed by atoms with Gasteiger partial charge < -0.3 is 5.32 Å². The van der Waals surface area contributed by atoms with E-state index in [9.17, 15) is 4.79 Å². The van der Waals surface area contributed by atoms with Crippen molar-refractivity contribution in [2.75, 3.05) is 0 Å². The number of carbonyl (C=O) groups excluding carboxylic acids is 1. The smallest absolute Gasteiger partial charge is 0.275 e. The van der Waals surface area contributed by atoms with Crippen molar-refractivity contribution in [1.29, 1.82) is 0 Å². The Bertz CT molecular complexity index is 607. The fourth-order valence-electron chi connectivity index (χ4n) is 3.01. The molecule has 0 bridgehead atoms. The highest BCUT2D eigenvalue weighted by Crippen LogP contribution is 2.28. The molecule has 3 rings (SSSR count). The molecular weight excluding hydrogens is 248 g/mol. The first-order valence-electron chi connectivity index (χ1n) is 7.32. The van der Waals surface area contributed by atoms with E-state index in [0.717, 1.165) is 24.2 Å². The van der Waals surface area contributed by atoms with Crippen molar-refractivity contribution >= 4 is 17.8 Å². The van der Waals surface area contributed by atoms with E-state index in [1.54, 1.807) is 0 Å². The second-order valence-electron chi connectivity index (χ2n) is 5.82. The van der Waals surface area contributed by atoms with Crippen LogP contribution in [0, 0.1) is 19.8 Å². The first-order valence-corrected chi connectivity index (χ1v) is 7.32. The molecule has 0 unspecified atom stereocenters. The zero-order valence-corrected chi connectivity index (χ0v) is 12.1. The lowest BCUT2D eigenvalue weighted by Crippen LogP contribution is -2.29. The normalized spacial score (nSPS) is 21.4. The summed E-state index contributed by atoms with van der Waals surface area (Å²) in [6.45, 7) is 4.14. The van der Waals surface area contributed by atoms with Crippen LogP contribution in [0.25, 0.3) is 6.08 Å². The third-order valence-electron chi connectivity index (χ3n) is 4.17. The molecule has 0 aromatic heterocycles. The molecule has 0 radical (unpaired) electrons. The first kappa shape index (κ1) is 13.1.